The molecule has 4 heteroatoms. The van der Waals surface area contributed by atoms with Gasteiger partial charge in [-0.15, -0.1) is 0 Å². The molecule has 3 N–H and O–H groups in total. The first-order valence-corrected chi connectivity index (χ1v) is 5.76. The zero-order valence-electron chi connectivity index (χ0n) is 10.3. The Kier molecular flexibility index (Phi) is 3.60. The van der Waals surface area contributed by atoms with E-state index >= 15 is 0 Å². The Balaban J connectivity index is 2.93. The maximum absolute atomic E-state index is 5.83. The summed E-state index contributed by atoms with van der Waals surface area (Å²) < 4.78 is 5.78. The number of hydrogen-bond acceptors (Lipinski definition) is 4. The van der Waals surface area contributed by atoms with Crippen LogP contribution in [0.15, 0.2) is 4.99 Å². The van der Waals surface area contributed by atoms with Gasteiger partial charge in [-0.2, -0.15) is 0 Å². The zero-order valence-corrected chi connectivity index (χ0v) is 10.3. The summed E-state index contributed by atoms with van der Waals surface area (Å²) in [5.41, 5.74) is 5.40. The third-order valence-corrected chi connectivity index (χ3v) is 3.17. The average Bonchev–Trinajstić information content (AvgIpc) is 2.17. The quantitative estimate of drug-likeness (QED) is 0.746. The summed E-state index contributed by atoms with van der Waals surface area (Å²) in [6.07, 6.45) is 2.75. The first kappa shape index (κ1) is 12.3. The number of nitrogens with two attached hydrogens (primary N) is 1. The molecule has 0 saturated heterocycles. The summed E-state index contributed by atoms with van der Waals surface area (Å²) in [6.45, 7) is 9.07. The molecule has 15 heavy (non-hydrogen) atoms. The summed E-state index contributed by atoms with van der Waals surface area (Å²) in [5, 5.41) is 3.24. The number of aliphatic imine (C=N–C) groups is 1. The van der Waals surface area contributed by atoms with Gasteiger partial charge in [-0.25, -0.2) is 4.99 Å². The van der Waals surface area contributed by atoms with Crippen LogP contribution in [0.3, 0.4) is 0 Å². The van der Waals surface area contributed by atoms with Crippen LogP contribution in [0.25, 0.3) is 0 Å². The first-order chi connectivity index (χ1) is 6.99. The van der Waals surface area contributed by atoms with Crippen molar-refractivity contribution in [2.24, 2.45) is 10.7 Å². The molecule has 0 saturated carbocycles. The molecule has 0 bridgehead atoms. The number of hydrogen-bond donors (Lipinski definition) is 2. The lowest BCUT2D eigenvalue weighted by molar-refractivity contribution is -0.0625. The van der Waals surface area contributed by atoms with Crippen LogP contribution in [-0.2, 0) is 4.74 Å². The largest absolute Gasteiger partial charge is 0.370 e. The maximum Gasteiger partial charge on any atom is 0.191 e. The molecule has 0 aromatic rings. The lowest BCUT2D eigenvalue weighted by Crippen LogP contribution is -2.58. The van der Waals surface area contributed by atoms with Crippen molar-refractivity contribution in [2.75, 3.05) is 6.61 Å². The maximum atomic E-state index is 5.83. The van der Waals surface area contributed by atoms with E-state index in [1.54, 1.807) is 0 Å². The second-order valence-corrected chi connectivity index (χ2v) is 4.45. The van der Waals surface area contributed by atoms with Crippen molar-refractivity contribution in [3.8, 4) is 0 Å². The molecule has 0 fully saturated rings. The van der Waals surface area contributed by atoms with E-state index in [0.717, 1.165) is 19.3 Å². The fourth-order valence-electron chi connectivity index (χ4n) is 2.12. The van der Waals surface area contributed by atoms with E-state index in [2.05, 4.69) is 31.1 Å². The smallest absolute Gasteiger partial charge is 0.191 e. The molecule has 0 aromatic heterocycles. The minimum absolute atomic E-state index is 0.00296. The molecule has 0 amide bonds. The highest BCUT2D eigenvalue weighted by atomic mass is 16.5. The van der Waals surface area contributed by atoms with Gasteiger partial charge in [-0.1, -0.05) is 13.8 Å². The Labute approximate surface area is 92.3 Å². The highest BCUT2D eigenvalue weighted by Gasteiger charge is 2.41. The Morgan fingerprint density at radius 1 is 1.40 bits per heavy atom. The van der Waals surface area contributed by atoms with Crippen LogP contribution >= 0.6 is 0 Å². The third-order valence-electron chi connectivity index (χ3n) is 3.17. The summed E-state index contributed by atoms with van der Waals surface area (Å²) in [7, 11) is 0. The van der Waals surface area contributed by atoms with E-state index in [1.165, 1.54) is 0 Å². The van der Waals surface area contributed by atoms with Crippen LogP contribution in [0.2, 0.25) is 0 Å². The van der Waals surface area contributed by atoms with Crippen molar-refractivity contribution < 1.29 is 4.74 Å². The molecule has 1 aliphatic rings. The van der Waals surface area contributed by atoms with E-state index in [0.29, 0.717) is 12.6 Å². The minimum atomic E-state index is -0.422. The molecule has 88 valence electrons. The lowest BCUT2D eigenvalue weighted by Gasteiger charge is -2.43. The Bertz CT molecular complexity index is 254. The highest BCUT2D eigenvalue weighted by Crippen LogP contribution is 2.33. The zero-order chi connectivity index (χ0) is 11.5. The molecule has 1 heterocycles. The summed E-state index contributed by atoms with van der Waals surface area (Å²) >= 11 is 0. The molecular formula is C11H23N3O. The number of rotatable bonds is 4. The van der Waals surface area contributed by atoms with Crippen molar-refractivity contribution in [3.63, 3.8) is 0 Å². The van der Waals surface area contributed by atoms with Gasteiger partial charge in [0.05, 0.1) is 0 Å². The lowest BCUT2D eigenvalue weighted by atomic mass is 9.86. The van der Waals surface area contributed by atoms with Crippen LogP contribution in [0, 0.1) is 0 Å². The third kappa shape index (κ3) is 2.62. The number of nitrogens with zero attached hydrogens (tertiary/aromatic N) is 1. The van der Waals surface area contributed by atoms with E-state index in [1.807, 2.05) is 6.92 Å². The van der Waals surface area contributed by atoms with Crippen molar-refractivity contribution in [3.05, 3.63) is 0 Å². The number of nitrogens with one attached hydrogen (secondary N) is 1. The Morgan fingerprint density at radius 3 is 2.53 bits per heavy atom. The van der Waals surface area contributed by atoms with Gasteiger partial charge in [0.2, 0.25) is 0 Å². The number of ether oxygens (including phenoxy) is 1. The molecule has 0 aliphatic carbocycles. The predicted octanol–water partition coefficient (Wildman–Crippen LogP) is 1.61. The van der Waals surface area contributed by atoms with Crippen LogP contribution < -0.4 is 11.1 Å². The molecule has 1 rings (SSSR count). The van der Waals surface area contributed by atoms with Gasteiger partial charge >= 0.3 is 0 Å². The molecule has 0 aromatic carbocycles. The Morgan fingerprint density at radius 2 is 2.07 bits per heavy atom. The monoisotopic (exact) mass is 213 g/mol. The molecule has 0 spiro atoms. The second kappa shape index (κ2) is 4.39. The fraction of sp³-hybridized carbons (Fsp3) is 0.909. The van der Waals surface area contributed by atoms with E-state index in [-0.39, 0.29) is 5.54 Å². The van der Waals surface area contributed by atoms with Gasteiger partial charge in [-0.05, 0) is 26.7 Å². The van der Waals surface area contributed by atoms with Crippen LogP contribution in [0.1, 0.15) is 47.0 Å². The fourth-order valence-corrected chi connectivity index (χ4v) is 2.12. The van der Waals surface area contributed by atoms with Gasteiger partial charge in [0.25, 0.3) is 0 Å². The standard InChI is InChI=1S/C11H23N3O/c1-5-10(4)8-11(6-2,15-7-3)14-9(12)13-10/h5-8H2,1-4H3,(H3,12,13,14). The second-order valence-electron chi connectivity index (χ2n) is 4.45. The average molecular weight is 213 g/mol. The summed E-state index contributed by atoms with van der Waals surface area (Å²) in [4.78, 5) is 4.43. The molecule has 4 nitrogen and oxygen atoms in total. The van der Waals surface area contributed by atoms with Crippen LogP contribution in [0.5, 0.6) is 0 Å². The minimum Gasteiger partial charge on any atom is -0.370 e. The molecule has 2 unspecified atom stereocenters. The topological polar surface area (TPSA) is 59.6 Å². The van der Waals surface area contributed by atoms with Crippen LogP contribution in [-0.4, -0.2) is 23.8 Å². The Hall–Kier alpha value is -0.770. The van der Waals surface area contributed by atoms with Crippen molar-refractivity contribution in [1.29, 1.82) is 0 Å². The first-order valence-electron chi connectivity index (χ1n) is 5.76. The predicted molar refractivity (Wildman–Crippen MR) is 62.7 cm³/mol. The van der Waals surface area contributed by atoms with E-state index < -0.39 is 5.72 Å². The summed E-state index contributed by atoms with van der Waals surface area (Å²) in [5.74, 6) is 0.501. The highest BCUT2D eigenvalue weighted by molar-refractivity contribution is 5.79. The molecule has 1 aliphatic heterocycles. The SMILES string of the molecule is CCOC1(CC)CC(C)(CC)NC(N)=N1. The van der Waals surface area contributed by atoms with Gasteiger partial charge in [0, 0.05) is 18.6 Å². The van der Waals surface area contributed by atoms with Crippen molar-refractivity contribution in [1.82, 2.24) is 5.32 Å². The van der Waals surface area contributed by atoms with Crippen LogP contribution in [0.4, 0.5) is 0 Å². The number of guanidine groups is 1. The van der Waals surface area contributed by atoms with Crippen molar-refractivity contribution >= 4 is 5.96 Å². The van der Waals surface area contributed by atoms with Gasteiger partial charge < -0.3 is 15.8 Å². The van der Waals surface area contributed by atoms with Gasteiger partial charge in [0.1, 0.15) is 0 Å². The van der Waals surface area contributed by atoms with Gasteiger partial charge in [0.15, 0.2) is 11.7 Å². The normalized spacial score (nSPS) is 35.9. The molecule has 2 atom stereocenters. The molecule has 0 radical (unpaired) electrons. The van der Waals surface area contributed by atoms with Crippen molar-refractivity contribution in [2.45, 2.75) is 58.2 Å². The van der Waals surface area contributed by atoms with E-state index in [9.17, 15) is 0 Å². The molecular weight excluding hydrogens is 190 g/mol. The summed E-state index contributed by atoms with van der Waals surface area (Å²) in [6, 6.07) is 0. The van der Waals surface area contributed by atoms with E-state index in [4.69, 9.17) is 10.5 Å². The van der Waals surface area contributed by atoms with Gasteiger partial charge in [-0.3, -0.25) is 0 Å².